The van der Waals surface area contributed by atoms with Gasteiger partial charge in [0.05, 0.1) is 14.2 Å². The summed E-state index contributed by atoms with van der Waals surface area (Å²) in [6.45, 7) is 2.49. The Balaban J connectivity index is 1.74. The van der Waals surface area contributed by atoms with E-state index in [1.54, 1.807) is 14.2 Å². The van der Waals surface area contributed by atoms with E-state index in [4.69, 9.17) is 9.47 Å². The van der Waals surface area contributed by atoms with Crippen LogP contribution in [-0.4, -0.2) is 14.2 Å². The fourth-order valence-corrected chi connectivity index (χ4v) is 6.50. The second kappa shape index (κ2) is 4.95. The van der Waals surface area contributed by atoms with Gasteiger partial charge in [0.25, 0.3) is 0 Å². The van der Waals surface area contributed by atoms with E-state index in [0.29, 0.717) is 17.8 Å². The van der Waals surface area contributed by atoms with Gasteiger partial charge in [0, 0.05) is 23.2 Å². The first-order chi connectivity index (χ1) is 13.2. The highest BCUT2D eigenvalue weighted by atomic mass is 16.5. The quantitative estimate of drug-likeness (QED) is 0.609. The van der Waals surface area contributed by atoms with Crippen LogP contribution in [0.2, 0.25) is 0 Å². The molecule has 0 N–H and O–H groups in total. The van der Waals surface area contributed by atoms with E-state index < -0.39 is 0 Å². The fraction of sp³-hybridized carbons (Fsp3) is 0.280. The Kier molecular flexibility index (Phi) is 2.81. The van der Waals surface area contributed by atoms with E-state index in [1.165, 1.54) is 33.4 Å². The summed E-state index contributed by atoms with van der Waals surface area (Å²) in [6.07, 6.45) is 0. The molecule has 0 amide bonds. The van der Waals surface area contributed by atoms with Gasteiger partial charge in [-0.05, 0) is 45.5 Å². The molecule has 0 heterocycles. The second-order valence-corrected chi connectivity index (χ2v) is 8.26. The molecular weight excluding hydrogens is 332 g/mol. The predicted octanol–water partition coefficient (Wildman–Crippen LogP) is 5.45. The van der Waals surface area contributed by atoms with Crippen LogP contribution >= 0.6 is 0 Å². The van der Waals surface area contributed by atoms with Crippen LogP contribution in [0, 0.1) is 5.41 Å². The van der Waals surface area contributed by atoms with Crippen LogP contribution in [0.3, 0.4) is 0 Å². The summed E-state index contributed by atoms with van der Waals surface area (Å²) in [7, 11) is 3.45. The number of hydrogen-bond acceptors (Lipinski definition) is 2. The summed E-state index contributed by atoms with van der Waals surface area (Å²) in [6, 6.07) is 22.5. The maximum absolute atomic E-state index is 5.66. The van der Waals surface area contributed by atoms with E-state index in [-0.39, 0.29) is 5.41 Å². The van der Waals surface area contributed by atoms with Crippen LogP contribution in [0.5, 0.6) is 11.5 Å². The van der Waals surface area contributed by atoms with Crippen LogP contribution in [0.25, 0.3) is 0 Å². The van der Waals surface area contributed by atoms with Gasteiger partial charge in [-0.15, -0.1) is 0 Å². The van der Waals surface area contributed by atoms with Crippen molar-refractivity contribution in [1.82, 2.24) is 0 Å². The van der Waals surface area contributed by atoms with Gasteiger partial charge in [-0.25, -0.2) is 0 Å². The van der Waals surface area contributed by atoms with Crippen molar-refractivity contribution in [2.24, 2.45) is 5.41 Å². The lowest BCUT2D eigenvalue weighted by Gasteiger charge is -2.31. The lowest BCUT2D eigenvalue weighted by atomic mass is 9.70. The Labute approximate surface area is 159 Å². The summed E-state index contributed by atoms with van der Waals surface area (Å²) in [4.78, 5) is 0. The summed E-state index contributed by atoms with van der Waals surface area (Å²) in [5.41, 5.74) is 8.91. The zero-order valence-corrected chi connectivity index (χ0v) is 15.8. The number of methoxy groups -OCH3 is 2. The number of fused-ring (bicyclic) bond motifs is 9. The molecular formula is C25H22O2. The van der Waals surface area contributed by atoms with Crippen molar-refractivity contribution in [3.63, 3.8) is 0 Å². The average molecular weight is 354 g/mol. The molecule has 0 aliphatic heterocycles. The highest BCUT2D eigenvalue weighted by Gasteiger charge is 2.64. The van der Waals surface area contributed by atoms with Gasteiger partial charge in [0.1, 0.15) is 0 Å². The van der Waals surface area contributed by atoms with Crippen molar-refractivity contribution in [3.05, 3.63) is 94.0 Å². The van der Waals surface area contributed by atoms with Crippen molar-refractivity contribution in [1.29, 1.82) is 0 Å². The summed E-state index contributed by atoms with van der Waals surface area (Å²) < 4.78 is 11.3. The average Bonchev–Trinajstić information content (AvgIpc) is 3.22. The smallest absolute Gasteiger partial charge is 0.161 e. The molecule has 0 radical (unpaired) electrons. The normalized spacial score (nSPS) is 28.3. The zero-order valence-electron chi connectivity index (χ0n) is 15.8. The number of hydrogen-bond donors (Lipinski definition) is 0. The maximum Gasteiger partial charge on any atom is 0.161 e. The van der Waals surface area contributed by atoms with E-state index in [1.807, 2.05) is 0 Å². The molecule has 3 aromatic rings. The molecule has 0 saturated carbocycles. The molecule has 0 spiro atoms. The molecule has 2 unspecified atom stereocenters. The maximum atomic E-state index is 5.66. The van der Waals surface area contributed by atoms with Gasteiger partial charge in [-0.3, -0.25) is 0 Å². The first-order valence-electron chi connectivity index (χ1n) is 9.63. The van der Waals surface area contributed by atoms with Gasteiger partial charge < -0.3 is 9.47 Å². The molecule has 3 aliphatic carbocycles. The van der Waals surface area contributed by atoms with E-state index in [0.717, 1.165) is 11.5 Å². The van der Waals surface area contributed by atoms with Gasteiger partial charge >= 0.3 is 0 Å². The molecule has 27 heavy (non-hydrogen) atoms. The molecule has 0 saturated heterocycles. The molecule has 0 fully saturated rings. The Hall–Kier alpha value is -2.74. The Morgan fingerprint density at radius 1 is 0.593 bits per heavy atom. The number of rotatable bonds is 2. The molecule has 134 valence electrons. The van der Waals surface area contributed by atoms with Crippen LogP contribution in [0.15, 0.2) is 60.7 Å². The van der Waals surface area contributed by atoms with Crippen molar-refractivity contribution in [2.75, 3.05) is 14.2 Å². The summed E-state index contributed by atoms with van der Waals surface area (Å²) in [5, 5.41) is 0. The molecule has 0 bridgehead atoms. The van der Waals surface area contributed by atoms with Crippen molar-refractivity contribution >= 4 is 0 Å². The van der Waals surface area contributed by atoms with Gasteiger partial charge in [-0.1, -0.05) is 55.5 Å². The predicted molar refractivity (Wildman–Crippen MR) is 106 cm³/mol. The standard InChI is InChI=1S/C25H22O2/c1-25-22-14-8-4-6-10-16(14)23(25)18-12-20(26-2)21(27-3)13-19(18)24(25)17-11-7-5-9-15(17)22/h4-13,22-24H,1-3H3/t22?,23-,24+,25?. The Bertz CT molecular complexity index is 1010. The topological polar surface area (TPSA) is 18.5 Å². The fourth-order valence-electron chi connectivity index (χ4n) is 6.50. The minimum absolute atomic E-state index is 0.132. The lowest BCUT2D eigenvalue weighted by molar-refractivity contribution is 0.288. The van der Waals surface area contributed by atoms with Gasteiger partial charge in [0.2, 0.25) is 0 Å². The van der Waals surface area contributed by atoms with Crippen LogP contribution in [0.4, 0.5) is 0 Å². The Morgan fingerprint density at radius 3 is 1.26 bits per heavy atom. The lowest BCUT2D eigenvalue weighted by Crippen LogP contribution is -2.23. The largest absolute Gasteiger partial charge is 0.493 e. The van der Waals surface area contributed by atoms with Crippen LogP contribution < -0.4 is 9.47 Å². The van der Waals surface area contributed by atoms with E-state index in [9.17, 15) is 0 Å². The molecule has 4 atom stereocenters. The third-order valence-electron chi connectivity index (χ3n) is 7.31. The monoisotopic (exact) mass is 354 g/mol. The molecule has 3 aliphatic rings. The minimum Gasteiger partial charge on any atom is -0.493 e. The summed E-state index contributed by atoms with van der Waals surface area (Å²) >= 11 is 0. The number of ether oxygens (including phenoxy) is 2. The Morgan fingerprint density at radius 2 is 0.926 bits per heavy atom. The van der Waals surface area contributed by atoms with Crippen molar-refractivity contribution in [2.45, 2.75) is 24.7 Å². The van der Waals surface area contributed by atoms with Gasteiger partial charge in [-0.2, -0.15) is 0 Å². The third-order valence-corrected chi connectivity index (χ3v) is 7.31. The third kappa shape index (κ3) is 1.59. The molecule has 0 aromatic heterocycles. The zero-order chi connectivity index (χ0) is 18.3. The summed E-state index contributed by atoms with van der Waals surface area (Å²) in [5.74, 6) is 2.89. The molecule has 2 heteroatoms. The van der Waals surface area contributed by atoms with Crippen LogP contribution in [0.1, 0.15) is 58.1 Å². The highest BCUT2D eigenvalue weighted by molar-refractivity contribution is 5.70. The van der Waals surface area contributed by atoms with E-state index >= 15 is 0 Å². The molecule has 6 rings (SSSR count). The SMILES string of the molecule is COc1cc2c(cc1OC)[C@@H]1c3ccccc3C3c4ccccc4[C@H]2C31C. The minimum atomic E-state index is 0.132. The second-order valence-electron chi connectivity index (χ2n) is 8.26. The van der Waals surface area contributed by atoms with Gasteiger partial charge in [0.15, 0.2) is 11.5 Å². The highest BCUT2D eigenvalue weighted by Crippen LogP contribution is 2.76. The van der Waals surface area contributed by atoms with E-state index in [2.05, 4.69) is 67.6 Å². The van der Waals surface area contributed by atoms with Crippen LogP contribution in [-0.2, 0) is 0 Å². The molecule has 3 aromatic carbocycles. The molecule has 2 nitrogen and oxygen atoms in total. The first kappa shape index (κ1) is 15.3. The first-order valence-corrected chi connectivity index (χ1v) is 9.63. The number of benzene rings is 3. The van der Waals surface area contributed by atoms with Crippen molar-refractivity contribution < 1.29 is 9.47 Å². The van der Waals surface area contributed by atoms with Crippen molar-refractivity contribution in [3.8, 4) is 11.5 Å².